The molecule has 0 aliphatic rings. The number of likely N-dealkylation sites (N-methyl/N-ethyl adjacent to an activating group) is 1. The second-order valence-electron chi connectivity index (χ2n) is 8.83. The number of carbonyl (C=O) groups excluding carboxylic acids is 1. The lowest BCUT2D eigenvalue weighted by molar-refractivity contribution is -0.472. The van der Waals surface area contributed by atoms with Crippen molar-refractivity contribution in [2.45, 2.75) is 80.2 Å². The number of alkyl halides is 15. The average molecular weight is 659 g/mol. The largest absolute Gasteiger partial charge is 0.480 e. The lowest BCUT2D eigenvalue weighted by atomic mass is 9.93. The molecule has 250 valence electrons. The topological polar surface area (TPSA) is 96.3 Å². The van der Waals surface area contributed by atoms with E-state index in [4.69, 9.17) is 0 Å². The van der Waals surface area contributed by atoms with Gasteiger partial charge in [-0.25, -0.2) is 0 Å². The fourth-order valence-corrected chi connectivity index (χ4v) is 2.96. The smallest absolute Gasteiger partial charge is 0.460 e. The molecule has 22 heteroatoms. The number of carboxylic acid groups (broad SMARTS) is 1. The van der Waals surface area contributed by atoms with Crippen molar-refractivity contribution in [1.29, 1.82) is 0 Å². The Morgan fingerprint density at radius 3 is 1.62 bits per heavy atom. The van der Waals surface area contributed by atoms with Gasteiger partial charge in [0.15, 0.2) is 0 Å². The van der Waals surface area contributed by atoms with Crippen LogP contribution in [0.25, 0.3) is 0 Å². The zero-order valence-corrected chi connectivity index (χ0v) is 21.2. The van der Waals surface area contributed by atoms with E-state index in [9.17, 15) is 85.7 Å². The SMILES string of the molecule is CC(=O)CCC(C(=O)O)N(C)CCC(O)COCCOC(F)(F)C(F)(F)C(F)(F)C(F)(F)C(F)(F)C(F)(F)C(F)(F)F. The van der Waals surface area contributed by atoms with Gasteiger partial charge in [0.25, 0.3) is 0 Å². The van der Waals surface area contributed by atoms with Crippen LogP contribution in [-0.4, -0.2) is 114 Å². The molecule has 0 aromatic carbocycles. The summed E-state index contributed by atoms with van der Waals surface area (Å²) in [6.45, 7) is -3.02. The number of ketones is 1. The summed E-state index contributed by atoms with van der Waals surface area (Å²) in [5, 5.41) is 18.9. The number of aliphatic carboxylic acids is 1. The molecule has 0 rings (SSSR count). The minimum Gasteiger partial charge on any atom is -0.480 e. The van der Waals surface area contributed by atoms with Gasteiger partial charge in [0.05, 0.1) is 25.9 Å². The Morgan fingerprint density at radius 2 is 1.19 bits per heavy atom. The number of nitrogens with zero attached hydrogens (tertiary/aromatic N) is 1. The zero-order valence-electron chi connectivity index (χ0n) is 21.2. The summed E-state index contributed by atoms with van der Waals surface area (Å²) in [5.74, 6) is -42.6. The van der Waals surface area contributed by atoms with E-state index < -0.39 is 79.8 Å². The van der Waals surface area contributed by atoms with Crippen LogP contribution >= 0.6 is 0 Å². The lowest BCUT2D eigenvalue weighted by Gasteiger charge is -2.41. The first-order valence-electron chi connectivity index (χ1n) is 11.2. The fourth-order valence-electron chi connectivity index (χ4n) is 2.96. The number of hydrogen-bond donors (Lipinski definition) is 2. The van der Waals surface area contributed by atoms with Gasteiger partial charge < -0.3 is 24.5 Å². The Hall–Kier alpha value is -2.07. The highest BCUT2D eigenvalue weighted by Crippen LogP contribution is 2.62. The van der Waals surface area contributed by atoms with Crippen LogP contribution in [0.1, 0.15) is 26.2 Å². The molecule has 0 aliphatic carbocycles. The summed E-state index contributed by atoms with van der Waals surface area (Å²) in [6, 6.07) is -1.16. The number of hydrogen-bond acceptors (Lipinski definition) is 6. The molecule has 0 amide bonds. The van der Waals surface area contributed by atoms with E-state index in [1.165, 1.54) is 18.9 Å². The van der Waals surface area contributed by atoms with Gasteiger partial charge in [-0.2, -0.15) is 65.9 Å². The number of halogens is 15. The van der Waals surface area contributed by atoms with E-state index in [1.54, 1.807) is 0 Å². The summed E-state index contributed by atoms with van der Waals surface area (Å²) in [7, 11) is 1.29. The molecule has 0 aliphatic heterocycles. The standard InChI is InChI=1S/C20H24F15NO6/c1-10(37)3-4-12(13(39)40)36(2)6-5-11(38)9-41-7-8-42-20(34,35)18(29,30)16(25,26)14(21,22)15(23,24)17(27,28)19(31,32)33/h11-12,38H,3-9H2,1-2H3,(H,39,40). The van der Waals surface area contributed by atoms with Crippen molar-refractivity contribution in [3.05, 3.63) is 0 Å². The summed E-state index contributed by atoms with van der Waals surface area (Å²) in [5.41, 5.74) is 0. The van der Waals surface area contributed by atoms with Crippen molar-refractivity contribution in [3.63, 3.8) is 0 Å². The van der Waals surface area contributed by atoms with Crippen molar-refractivity contribution in [1.82, 2.24) is 4.90 Å². The molecule has 42 heavy (non-hydrogen) atoms. The summed E-state index contributed by atoms with van der Waals surface area (Å²) in [6.07, 6.45) is -16.6. The molecule has 2 atom stereocenters. The molecule has 0 heterocycles. The van der Waals surface area contributed by atoms with Crippen LogP contribution in [0, 0.1) is 0 Å². The predicted molar refractivity (Wildman–Crippen MR) is 107 cm³/mol. The second-order valence-corrected chi connectivity index (χ2v) is 8.83. The van der Waals surface area contributed by atoms with Gasteiger partial charge in [0, 0.05) is 13.0 Å². The number of aliphatic hydroxyl groups excluding tert-OH is 1. The number of carboxylic acids is 1. The molecule has 2 N–H and O–H groups in total. The maximum atomic E-state index is 13.6. The molecule has 0 fully saturated rings. The molecule has 0 radical (unpaired) electrons. The average Bonchev–Trinajstić information content (AvgIpc) is 2.80. The zero-order chi connectivity index (χ0) is 33.8. The minimum atomic E-state index is -8.42. The molecular formula is C20H24F15NO6. The van der Waals surface area contributed by atoms with Crippen LogP contribution in [0.2, 0.25) is 0 Å². The maximum absolute atomic E-state index is 13.6. The third-order valence-electron chi connectivity index (χ3n) is 5.52. The normalized spacial score (nSPS) is 16.1. The van der Waals surface area contributed by atoms with Gasteiger partial charge in [-0.1, -0.05) is 0 Å². The highest BCUT2D eigenvalue weighted by atomic mass is 19.4. The molecule has 0 saturated heterocycles. The van der Waals surface area contributed by atoms with E-state index in [0.717, 1.165) is 0 Å². The molecule has 0 saturated carbocycles. The Labute approximate surface area is 226 Å². The van der Waals surface area contributed by atoms with Gasteiger partial charge in [0.2, 0.25) is 0 Å². The van der Waals surface area contributed by atoms with Crippen molar-refractivity contribution in [2.24, 2.45) is 0 Å². The van der Waals surface area contributed by atoms with Crippen molar-refractivity contribution in [3.8, 4) is 0 Å². The molecule has 0 aromatic rings. The van der Waals surface area contributed by atoms with Crippen molar-refractivity contribution >= 4 is 11.8 Å². The van der Waals surface area contributed by atoms with Crippen LogP contribution in [0.4, 0.5) is 65.9 Å². The monoisotopic (exact) mass is 659 g/mol. The molecule has 0 spiro atoms. The summed E-state index contributed by atoms with van der Waals surface area (Å²) < 4.78 is 204. The van der Waals surface area contributed by atoms with Crippen molar-refractivity contribution < 1.29 is 95.1 Å². The van der Waals surface area contributed by atoms with Gasteiger partial charge in [0.1, 0.15) is 11.8 Å². The summed E-state index contributed by atoms with van der Waals surface area (Å²) >= 11 is 0. The molecular weight excluding hydrogens is 635 g/mol. The predicted octanol–water partition coefficient (Wildman–Crippen LogP) is 4.86. The van der Waals surface area contributed by atoms with Gasteiger partial charge in [-0.05, 0) is 26.8 Å². The quantitative estimate of drug-likeness (QED) is 0.151. The molecule has 0 bridgehead atoms. The van der Waals surface area contributed by atoms with Crippen LogP contribution in [0.15, 0.2) is 0 Å². The van der Waals surface area contributed by atoms with Gasteiger partial charge in [-0.15, -0.1) is 0 Å². The molecule has 0 aromatic heterocycles. The van der Waals surface area contributed by atoms with Gasteiger partial charge >= 0.3 is 47.9 Å². The highest BCUT2D eigenvalue weighted by molar-refractivity contribution is 5.78. The van der Waals surface area contributed by atoms with E-state index in [2.05, 4.69) is 9.47 Å². The van der Waals surface area contributed by atoms with Gasteiger partial charge in [-0.3, -0.25) is 9.69 Å². The number of ether oxygens (including phenoxy) is 2. The fraction of sp³-hybridized carbons (Fsp3) is 0.900. The maximum Gasteiger partial charge on any atom is 0.460 e. The first kappa shape index (κ1) is 39.9. The van der Waals surface area contributed by atoms with E-state index in [1.807, 2.05) is 0 Å². The van der Waals surface area contributed by atoms with Crippen LogP contribution in [0.5, 0.6) is 0 Å². The van der Waals surface area contributed by atoms with E-state index in [0.29, 0.717) is 0 Å². The third kappa shape index (κ3) is 8.30. The molecule has 2 unspecified atom stereocenters. The minimum absolute atomic E-state index is 0.0946. The Balaban J connectivity index is 5.21. The Bertz CT molecular complexity index is 913. The number of aliphatic hydroxyl groups is 1. The number of rotatable bonds is 19. The van der Waals surface area contributed by atoms with E-state index >= 15 is 0 Å². The summed E-state index contributed by atoms with van der Waals surface area (Å²) in [4.78, 5) is 23.5. The number of Topliss-reactive ketones (excluding diaryl/α,β-unsaturated/α-hetero) is 1. The van der Waals surface area contributed by atoms with Crippen molar-refractivity contribution in [2.75, 3.05) is 33.4 Å². The van der Waals surface area contributed by atoms with E-state index in [-0.39, 0.29) is 31.6 Å². The number of carbonyl (C=O) groups is 2. The Morgan fingerprint density at radius 1 is 0.738 bits per heavy atom. The first-order valence-corrected chi connectivity index (χ1v) is 11.2. The van der Waals surface area contributed by atoms with Crippen LogP contribution < -0.4 is 0 Å². The van der Waals surface area contributed by atoms with Crippen LogP contribution in [0.3, 0.4) is 0 Å². The second kappa shape index (κ2) is 13.7. The Kier molecular flexibility index (Phi) is 13.0. The lowest BCUT2D eigenvalue weighted by Crippen LogP contribution is -2.72. The molecule has 7 nitrogen and oxygen atoms in total. The highest BCUT2D eigenvalue weighted by Gasteiger charge is 2.93. The third-order valence-corrected chi connectivity index (χ3v) is 5.52. The first-order chi connectivity index (χ1) is 18.5. The van der Waals surface area contributed by atoms with Crippen LogP contribution in [-0.2, 0) is 19.1 Å².